The summed E-state index contributed by atoms with van der Waals surface area (Å²) in [6.45, 7) is 1.03. The van der Waals surface area contributed by atoms with Gasteiger partial charge in [0.15, 0.2) is 0 Å². The number of hydrogen-bond acceptors (Lipinski definition) is 4. The highest BCUT2D eigenvalue weighted by Gasteiger charge is 2.29. The molecular formula is C26H27ClN4O4. The number of H-pyrrole nitrogens is 1. The van der Waals surface area contributed by atoms with E-state index in [0.717, 1.165) is 43.0 Å². The van der Waals surface area contributed by atoms with Crippen molar-refractivity contribution >= 4 is 46.1 Å². The number of aromatic nitrogens is 1. The molecule has 1 aliphatic carbocycles. The van der Waals surface area contributed by atoms with Gasteiger partial charge < -0.3 is 20.4 Å². The molecule has 1 saturated heterocycles. The smallest absolute Gasteiger partial charge is 0.414 e. The first-order chi connectivity index (χ1) is 17.0. The number of fused-ring (bicyclic) bond motifs is 1. The van der Waals surface area contributed by atoms with Crippen molar-refractivity contribution < 1.29 is 19.1 Å². The van der Waals surface area contributed by atoms with Crippen LogP contribution in [0.25, 0.3) is 10.9 Å². The highest BCUT2D eigenvalue weighted by molar-refractivity contribution is 6.31. The van der Waals surface area contributed by atoms with Crippen molar-refractivity contribution in [1.82, 2.24) is 15.6 Å². The van der Waals surface area contributed by atoms with Crippen molar-refractivity contribution in [2.45, 2.75) is 44.2 Å². The maximum absolute atomic E-state index is 13.0. The second-order valence-corrected chi connectivity index (χ2v) is 9.46. The van der Waals surface area contributed by atoms with E-state index in [1.807, 2.05) is 12.1 Å². The molecule has 2 heterocycles. The van der Waals surface area contributed by atoms with Crippen molar-refractivity contribution in [2.24, 2.45) is 0 Å². The second-order valence-electron chi connectivity index (χ2n) is 9.03. The predicted octanol–water partition coefficient (Wildman–Crippen LogP) is 4.64. The molecular weight excluding hydrogens is 468 g/mol. The fourth-order valence-electron chi connectivity index (χ4n) is 4.78. The Kier molecular flexibility index (Phi) is 6.63. The molecule has 2 aliphatic rings. The van der Waals surface area contributed by atoms with Gasteiger partial charge in [-0.15, -0.1) is 0 Å². The highest BCUT2D eigenvalue weighted by atomic mass is 35.5. The Morgan fingerprint density at radius 1 is 0.943 bits per heavy atom. The molecule has 1 aromatic heterocycles. The van der Waals surface area contributed by atoms with E-state index in [0.29, 0.717) is 35.1 Å². The van der Waals surface area contributed by atoms with Crippen molar-refractivity contribution in [2.75, 3.05) is 18.1 Å². The van der Waals surface area contributed by atoms with E-state index in [9.17, 15) is 14.4 Å². The van der Waals surface area contributed by atoms with E-state index in [-0.39, 0.29) is 30.0 Å². The molecule has 3 N–H and O–H groups in total. The van der Waals surface area contributed by atoms with Crippen LogP contribution in [0, 0.1) is 0 Å². The Morgan fingerprint density at radius 2 is 1.66 bits per heavy atom. The molecule has 2 fully saturated rings. The largest absolute Gasteiger partial charge is 0.449 e. The van der Waals surface area contributed by atoms with E-state index in [4.69, 9.17) is 16.3 Å². The Hall–Kier alpha value is -3.52. The minimum absolute atomic E-state index is 0.169. The molecule has 182 valence electrons. The monoisotopic (exact) mass is 494 g/mol. The van der Waals surface area contributed by atoms with E-state index < -0.39 is 0 Å². The van der Waals surface area contributed by atoms with Crippen LogP contribution in [0.3, 0.4) is 0 Å². The zero-order chi connectivity index (χ0) is 24.4. The van der Waals surface area contributed by atoms with Crippen LogP contribution >= 0.6 is 11.6 Å². The fraction of sp³-hybridized carbons (Fsp3) is 0.346. The Balaban J connectivity index is 1.24. The summed E-state index contributed by atoms with van der Waals surface area (Å²) in [6, 6.07) is 13.8. The topological polar surface area (TPSA) is 104 Å². The summed E-state index contributed by atoms with van der Waals surface area (Å²) in [5.74, 6) is -0.412. The van der Waals surface area contributed by atoms with Crippen molar-refractivity contribution in [3.05, 3.63) is 64.8 Å². The lowest BCUT2D eigenvalue weighted by molar-refractivity contribution is 0.0860. The first-order valence-corrected chi connectivity index (χ1v) is 12.3. The molecule has 2 atom stereocenters. The number of carbonyl (C=O) groups excluding carboxylic acids is 3. The molecule has 9 heteroatoms. The van der Waals surface area contributed by atoms with Crippen LogP contribution < -0.4 is 15.5 Å². The molecule has 0 bridgehead atoms. The first kappa shape index (κ1) is 23.2. The molecule has 2 aromatic carbocycles. The summed E-state index contributed by atoms with van der Waals surface area (Å²) in [5, 5.41) is 7.68. The fourth-order valence-corrected chi connectivity index (χ4v) is 4.96. The van der Waals surface area contributed by atoms with Gasteiger partial charge >= 0.3 is 6.09 Å². The number of cyclic esters (lactones) is 1. The molecule has 0 radical (unpaired) electrons. The zero-order valence-electron chi connectivity index (χ0n) is 19.2. The number of nitrogens with one attached hydrogen (secondary N) is 3. The number of nitrogens with zero attached hydrogens (tertiary/aromatic N) is 1. The van der Waals surface area contributed by atoms with E-state index >= 15 is 0 Å². The number of aromatic amines is 1. The van der Waals surface area contributed by atoms with Gasteiger partial charge in [-0.05, 0) is 67.8 Å². The quantitative estimate of drug-likeness (QED) is 0.480. The van der Waals surface area contributed by atoms with E-state index in [2.05, 4.69) is 15.6 Å². The van der Waals surface area contributed by atoms with Crippen LogP contribution in [0.4, 0.5) is 10.5 Å². The van der Waals surface area contributed by atoms with Crippen LogP contribution in [0.5, 0.6) is 0 Å². The number of ether oxygens (including phenoxy) is 1. The third-order valence-electron chi connectivity index (χ3n) is 6.64. The third-order valence-corrected chi connectivity index (χ3v) is 6.87. The average molecular weight is 495 g/mol. The Morgan fingerprint density at radius 3 is 2.37 bits per heavy atom. The van der Waals surface area contributed by atoms with Gasteiger partial charge in [-0.1, -0.05) is 24.4 Å². The summed E-state index contributed by atoms with van der Waals surface area (Å²) < 4.78 is 5.09. The summed E-state index contributed by atoms with van der Waals surface area (Å²) >= 11 is 6.06. The molecule has 35 heavy (non-hydrogen) atoms. The molecule has 3 aromatic rings. The number of benzene rings is 2. The summed E-state index contributed by atoms with van der Waals surface area (Å²) in [4.78, 5) is 42.6. The first-order valence-electron chi connectivity index (χ1n) is 11.9. The lowest BCUT2D eigenvalue weighted by atomic mass is 9.90. The SMILES string of the molecule is O=C(NC1CCCCC1NC(=O)c1cc2cc(Cl)ccc2[nH]1)c1ccc(N2CCCOC2=O)cc1. The lowest BCUT2D eigenvalue weighted by Crippen LogP contribution is -2.53. The predicted molar refractivity (Wildman–Crippen MR) is 134 cm³/mol. The maximum atomic E-state index is 13.0. The molecule has 2 unspecified atom stereocenters. The summed E-state index contributed by atoms with van der Waals surface area (Å²) in [6.07, 6.45) is 3.95. The second kappa shape index (κ2) is 10.00. The molecule has 1 saturated carbocycles. The summed E-state index contributed by atoms with van der Waals surface area (Å²) in [5.41, 5.74) is 2.51. The van der Waals surface area contributed by atoms with Gasteiger partial charge in [0.1, 0.15) is 5.69 Å². The van der Waals surface area contributed by atoms with Crippen LogP contribution in [0.1, 0.15) is 53.0 Å². The lowest BCUT2D eigenvalue weighted by Gasteiger charge is -2.32. The molecule has 1 aliphatic heterocycles. The molecule has 5 rings (SSSR count). The third kappa shape index (κ3) is 5.12. The van der Waals surface area contributed by atoms with Crippen LogP contribution in [0.2, 0.25) is 5.02 Å². The zero-order valence-corrected chi connectivity index (χ0v) is 19.9. The molecule has 0 spiro atoms. The van der Waals surface area contributed by atoms with E-state index in [1.54, 1.807) is 41.3 Å². The summed E-state index contributed by atoms with van der Waals surface area (Å²) in [7, 11) is 0. The maximum Gasteiger partial charge on any atom is 0.414 e. The van der Waals surface area contributed by atoms with Crippen LogP contribution in [-0.4, -0.2) is 48.1 Å². The number of hydrogen-bond donors (Lipinski definition) is 3. The molecule has 8 nitrogen and oxygen atoms in total. The van der Waals surface area contributed by atoms with Crippen LogP contribution in [0.15, 0.2) is 48.5 Å². The Bertz CT molecular complexity index is 1260. The number of carbonyl (C=O) groups is 3. The van der Waals surface area contributed by atoms with Gasteiger partial charge in [0.2, 0.25) is 0 Å². The number of rotatable bonds is 5. The normalized spacial score (nSPS) is 20.4. The number of anilines is 1. The van der Waals surface area contributed by atoms with Crippen molar-refractivity contribution in [1.29, 1.82) is 0 Å². The van der Waals surface area contributed by atoms with E-state index in [1.165, 1.54) is 0 Å². The Labute approximate surface area is 208 Å². The minimum Gasteiger partial charge on any atom is -0.449 e. The van der Waals surface area contributed by atoms with Gasteiger partial charge in [-0.25, -0.2) is 4.79 Å². The van der Waals surface area contributed by atoms with Gasteiger partial charge in [0, 0.05) is 45.8 Å². The van der Waals surface area contributed by atoms with Crippen molar-refractivity contribution in [3.63, 3.8) is 0 Å². The van der Waals surface area contributed by atoms with Crippen molar-refractivity contribution in [3.8, 4) is 0 Å². The average Bonchev–Trinajstić information content (AvgIpc) is 3.29. The standard InChI is InChI=1S/C26H27ClN4O4/c27-18-8-11-20-17(14-18)15-23(28-20)25(33)30-22-5-2-1-4-21(22)29-24(32)16-6-9-19(10-7-16)31-12-3-13-35-26(31)34/h6-11,14-15,21-22,28H,1-5,12-13H2,(H,29,32)(H,30,33). The van der Waals surface area contributed by atoms with Gasteiger partial charge in [-0.3, -0.25) is 14.5 Å². The number of halogens is 1. The van der Waals surface area contributed by atoms with Gasteiger partial charge in [0.25, 0.3) is 11.8 Å². The van der Waals surface area contributed by atoms with Crippen LogP contribution in [-0.2, 0) is 4.74 Å². The minimum atomic E-state index is -0.368. The van der Waals surface area contributed by atoms with Gasteiger partial charge in [0.05, 0.1) is 6.61 Å². The molecule has 3 amide bonds. The highest BCUT2D eigenvalue weighted by Crippen LogP contribution is 2.23. The number of amides is 3. The van der Waals surface area contributed by atoms with Gasteiger partial charge in [-0.2, -0.15) is 0 Å².